The average molecular weight is 339 g/mol. The summed E-state index contributed by atoms with van der Waals surface area (Å²) >= 11 is 1.62. The minimum Gasteiger partial charge on any atom is -0.490 e. The first-order valence-corrected chi connectivity index (χ1v) is 9.43. The number of fused-ring (bicyclic) bond motifs is 1. The van der Waals surface area contributed by atoms with Crippen molar-refractivity contribution < 1.29 is 17.9 Å². The SMILES string of the molecule is O=S(=O)(NCCc1cccs1)c1ccc2c(c1)OCCCO2. The van der Waals surface area contributed by atoms with Gasteiger partial charge in [0.15, 0.2) is 11.5 Å². The molecule has 1 aromatic carbocycles. The average Bonchev–Trinajstić information content (AvgIpc) is 2.90. The zero-order valence-electron chi connectivity index (χ0n) is 11.9. The predicted molar refractivity (Wildman–Crippen MR) is 85.3 cm³/mol. The van der Waals surface area contributed by atoms with Crippen molar-refractivity contribution in [1.29, 1.82) is 0 Å². The summed E-state index contributed by atoms with van der Waals surface area (Å²) in [6.07, 6.45) is 1.47. The maximum absolute atomic E-state index is 12.3. The second kappa shape index (κ2) is 6.68. The first-order valence-electron chi connectivity index (χ1n) is 7.07. The Morgan fingerprint density at radius 3 is 2.73 bits per heavy atom. The van der Waals surface area contributed by atoms with Gasteiger partial charge in [-0.3, -0.25) is 0 Å². The summed E-state index contributed by atoms with van der Waals surface area (Å²) in [4.78, 5) is 1.35. The first-order chi connectivity index (χ1) is 10.6. The molecule has 3 rings (SSSR count). The number of hydrogen-bond donors (Lipinski definition) is 1. The van der Waals surface area contributed by atoms with Crippen LogP contribution in [0.3, 0.4) is 0 Å². The van der Waals surface area contributed by atoms with Gasteiger partial charge in [-0.1, -0.05) is 6.07 Å². The van der Waals surface area contributed by atoms with Gasteiger partial charge in [-0.15, -0.1) is 11.3 Å². The van der Waals surface area contributed by atoms with E-state index in [9.17, 15) is 8.42 Å². The third kappa shape index (κ3) is 3.60. The van der Waals surface area contributed by atoms with Gasteiger partial charge in [-0.25, -0.2) is 13.1 Å². The molecule has 118 valence electrons. The van der Waals surface area contributed by atoms with E-state index in [4.69, 9.17) is 9.47 Å². The Kier molecular flexibility index (Phi) is 4.66. The Morgan fingerprint density at radius 2 is 1.95 bits per heavy atom. The van der Waals surface area contributed by atoms with Crippen molar-refractivity contribution in [3.63, 3.8) is 0 Å². The second-order valence-electron chi connectivity index (χ2n) is 4.89. The van der Waals surface area contributed by atoms with Gasteiger partial charge in [0, 0.05) is 23.9 Å². The standard InChI is InChI=1S/C15H17NO4S2/c17-22(18,16-7-6-12-3-1-10-21-12)13-4-5-14-15(11-13)20-9-2-8-19-14/h1,3-5,10-11,16H,2,6-9H2. The van der Waals surface area contributed by atoms with Crippen molar-refractivity contribution >= 4 is 21.4 Å². The van der Waals surface area contributed by atoms with Gasteiger partial charge < -0.3 is 9.47 Å². The lowest BCUT2D eigenvalue weighted by molar-refractivity contribution is 0.297. The molecule has 0 bridgehead atoms. The molecule has 1 aliphatic heterocycles. The molecule has 7 heteroatoms. The zero-order chi connectivity index (χ0) is 15.4. The summed E-state index contributed by atoms with van der Waals surface area (Å²) in [6, 6.07) is 8.66. The predicted octanol–water partition coefficient (Wildman–Crippen LogP) is 2.43. The molecule has 0 spiro atoms. The maximum atomic E-state index is 12.3. The van der Waals surface area contributed by atoms with Crippen LogP contribution in [0.25, 0.3) is 0 Å². The fraction of sp³-hybridized carbons (Fsp3) is 0.333. The van der Waals surface area contributed by atoms with E-state index >= 15 is 0 Å². The zero-order valence-corrected chi connectivity index (χ0v) is 13.6. The van der Waals surface area contributed by atoms with E-state index in [1.54, 1.807) is 23.5 Å². The summed E-state index contributed by atoms with van der Waals surface area (Å²) in [6.45, 7) is 1.48. The fourth-order valence-electron chi connectivity index (χ4n) is 2.16. The van der Waals surface area contributed by atoms with Crippen molar-refractivity contribution in [2.45, 2.75) is 17.7 Å². The van der Waals surface area contributed by atoms with Gasteiger partial charge >= 0.3 is 0 Å². The molecule has 0 saturated carbocycles. The van der Waals surface area contributed by atoms with Crippen LogP contribution in [0, 0.1) is 0 Å². The van der Waals surface area contributed by atoms with E-state index in [1.807, 2.05) is 17.5 Å². The van der Waals surface area contributed by atoms with Crippen LogP contribution in [0.5, 0.6) is 11.5 Å². The molecule has 1 aromatic heterocycles. The Labute approximate surface area is 133 Å². The van der Waals surface area contributed by atoms with Gasteiger partial charge in [-0.2, -0.15) is 0 Å². The van der Waals surface area contributed by atoms with Gasteiger partial charge in [-0.05, 0) is 30.0 Å². The van der Waals surface area contributed by atoms with Crippen LogP contribution in [-0.4, -0.2) is 28.2 Å². The van der Waals surface area contributed by atoms with Crippen LogP contribution in [0.4, 0.5) is 0 Å². The van der Waals surface area contributed by atoms with E-state index in [-0.39, 0.29) is 4.90 Å². The molecular weight excluding hydrogens is 322 g/mol. The molecule has 2 heterocycles. The number of rotatable bonds is 5. The fourth-order valence-corrected chi connectivity index (χ4v) is 3.91. The molecule has 0 aliphatic carbocycles. The van der Waals surface area contributed by atoms with Crippen LogP contribution in [0.15, 0.2) is 40.6 Å². The quantitative estimate of drug-likeness (QED) is 0.909. The smallest absolute Gasteiger partial charge is 0.240 e. The number of hydrogen-bond acceptors (Lipinski definition) is 5. The summed E-state index contributed by atoms with van der Waals surface area (Å²) in [7, 11) is -3.54. The molecule has 22 heavy (non-hydrogen) atoms. The van der Waals surface area contributed by atoms with Crippen LogP contribution in [0.1, 0.15) is 11.3 Å². The Balaban J connectivity index is 1.70. The molecule has 0 atom stereocenters. The Bertz CT molecular complexity index is 726. The summed E-state index contributed by atoms with van der Waals surface area (Å²) in [5.74, 6) is 1.08. The lowest BCUT2D eigenvalue weighted by Gasteiger charge is -2.10. The third-order valence-corrected chi connectivity index (χ3v) is 5.67. The molecule has 0 unspecified atom stereocenters. The van der Waals surface area contributed by atoms with E-state index in [2.05, 4.69) is 4.72 Å². The molecule has 1 N–H and O–H groups in total. The van der Waals surface area contributed by atoms with E-state index < -0.39 is 10.0 Å². The molecule has 5 nitrogen and oxygen atoms in total. The van der Waals surface area contributed by atoms with E-state index in [0.717, 1.165) is 11.3 Å². The lowest BCUT2D eigenvalue weighted by atomic mass is 10.3. The Morgan fingerprint density at radius 1 is 1.14 bits per heavy atom. The third-order valence-electron chi connectivity index (χ3n) is 3.27. The van der Waals surface area contributed by atoms with Crippen molar-refractivity contribution in [3.8, 4) is 11.5 Å². The topological polar surface area (TPSA) is 64.6 Å². The highest BCUT2D eigenvalue weighted by Crippen LogP contribution is 2.31. The molecule has 0 saturated heterocycles. The molecule has 0 radical (unpaired) electrons. The summed E-state index contributed by atoms with van der Waals surface area (Å²) in [5.41, 5.74) is 0. The number of thiophene rings is 1. The van der Waals surface area contributed by atoms with Gasteiger partial charge in [0.1, 0.15) is 0 Å². The monoisotopic (exact) mass is 339 g/mol. The van der Waals surface area contributed by atoms with Crippen LogP contribution < -0.4 is 14.2 Å². The van der Waals surface area contributed by atoms with Crippen LogP contribution in [0.2, 0.25) is 0 Å². The van der Waals surface area contributed by atoms with Crippen LogP contribution in [-0.2, 0) is 16.4 Å². The minimum atomic E-state index is -3.54. The summed E-state index contributed by atoms with van der Waals surface area (Å²) < 4.78 is 38.3. The number of ether oxygens (including phenoxy) is 2. The number of nitrogens with one attached hydrogen (secondary N) is 1. The molecule has 0 amide bonds. The highest BCUT2D eigenvalue weighted by atomic mass is 32.2. The van der Waals surface area contributed by atoms with E-state index in [0.29, 0.717) is 37.7 Å². The minimum absolute atomic E-state index is 0.197. The van der Waals surface area contributed by atoms with Crippen molar-refractivity contribution in [1.82, 2.24) is 4.72 Å². The Hall–Kier alpha value is -1.57. The molecule has 2 aromatic rings. The number of benzene rings is 1. The molecular formula is C15H17NO4S2. The lowest BCUT2D eigenvalue weighted by Crippen LogP contribution is -2.25. The van der Waals surface area contributed by atoms with Crippen molar-refractivity contribution in [2.24, 2.45) is 0 Å². The van der Waals surface area contributed by atoms with Gasteiger partial charge in [0.2, 0.25) is 10.0 Å². The number of sulfonamides is 1. The highest BCUT2D eigenvalue weighted by molar-refractivity contribution is 7.89. The molecule has 0 fully saturated rings. The first kappa shape index (κ1) is 15.3. The van der Waals surface area contributed by atoms with Crippen molar-refractivity contribution in [3.05, 3.63) is 40.6 Å². The highest BCUT2D eigenvalue weighted by Gasteiger charge is 2.18. The second-order valence-corrected chi connectivity index (χ2v) is 7.69. The molecule has 1 aliphatic rings. The van der Waals surface area contributed by atoms with Gasteiger partial charge in [0.25, 0.3) is 0 Å². The normalized spacial score (nSPS) is 14.5. The maximum Gasteiger partial charge on any atom is 0.240 e. The van der Waals surface area contributed by atoms with Gasteiger partial charge in [0.05, 0.1) is 18.1 Å². The largest absolute Gasteiger partial charge is 0.490 e. The van der Waals surface area contributed by atoms with Crippen LogP contribution >= 0.6 is 11.3 Å². The summed E-state index contributed by atoms with van der Waals surface area (Å²) in [5, 5.41) is 1.98. The van der Waals surface area contributed by atoms with E-state index in [1.165, 1.54) is 6.07 Å². The van der Waals surface area contributed by atoms with Crippen molar-refractivity contribution in [2.75, 3.05) is 19.8 Å².